The average Bonchev–Trinajstić information content (AvgIpc) is 2.52. The van der Waals surface area contributed by atoms with Crippen LogP contribution in [0.2, 0.25) is 0 Å². The fourth-order valence-corrected chi connectivity index (χ4v) is 2.24. The number of alkyl halides is 13. The smallest absolute Gasteiger partial charge is 0.460 e. The molecule has 15 heteroatoms. The number of hydrogen-bond donors (Lipinski definition) is 1. The highest BCUT2D eigenvalue weighted by Crippen LogP contribution is 2.61. The predicted octanol–water partition coefficient (Wildman–Crippen LogP) is 6.40. The molecule has 0 amide bonds. The molecule has 0 aromatic rings. The van der Waals surface area contributed by atoms with Crippen molar-refractivity contribution in [3.05, 3.63) is 0 Å². The van der Waals surface area contributed by atoms with Crippen molar-refractivity contribution in [2.24, 2.45) is 5.92 Å². The van der Waals surface area contributed by atoms with E-state index in [2.05, 4.69) is 0 Å². The van der Waals surface area contributed by atoms with E-state index in [0.29, 0.717) is 6.42 Å². The maximum atomic E-state index is 13.9. The van der Waals surface area contributed by atoms with Gasteiger partial charge in [-0.2, -0.15) is 57.1 Å². The van der Waals surface area contributed by atoms with E-state index in [-0.39, 0.29) is 12.8 Å². The molecule has 0 fully saturated rings. The van der Waals surface area contributed by atoms with Crippen molar-refractivity contribution in [3.8, 4) is 0 Å². The predicted molar refractivity (Wildman–Crippen MR) is 70.7 cm³/mol. The summed E-state index contributed by atoms with van der Waals surface area (Å²) in [7, 11) is 0. The topological polar surface area (TPSA) is 37.3 Å². The fraction of sp³-hybridized carbons (Fsp3) is 0.929. The monoisotopic (exact) mass is 462 g/mol. The van der Waals surface area contributed by atoms with Crippen LogP contribution in [0, 0.1) is 5.92 Å². The van der Waals surface area contributed by atoms with Gasteiger partial charge in [-0.25, -0.2) is 0 Å². The summed E-state index contributed by atoms with van der Waals surface area (Å²) in [4.78, 5) is 10.8. The van der Waals surface area contributed by atoms with Gasteiger partial charge in [0.25, 0.3) is 0 Å². The van der Waals surface area contributed by atoms with Gasteiger partial charge in [0.2, 0.25) is 0 Å². The molecule has 0 heterocycles. The molecule has 0 rings (SSSR count). The number of carbonyl (C=O) groups is 1. The second kappa shape index (κ2) is 8.36. The van der Waals surface area contributed by atoms with Crippen molar-refractivity contribution in [1.82, 2.24) is 0 Å². The Bertz CT molecular complexity index is 568. The molecule has 0 aromatic heterocycles. The largest absolute Gasteiger partial charge is 0.481 e. The fourth-order valence-electron chi connectivity index (χ4n) is 2.24. The van der Waals surface area contributed by atoms with Crippen LogP contribution in [0.5, 0.6) is 0 Å². The summed E-state index contributed by atoms with van der Waals surface area (Å²) in [5, 5.41) is 8.61. The molecule has 0 aromatic carbocycles. The normalized spacial score (nSPS) is 16.1. The van der Waals surface area contributed by atoms with Crippen molar-refractivity contribution in [2.75, 3.05) is 0 Å². The van der Waals surface area contributed by atoms with Crippen LogP contribution < -0.4 is 0 Å². The minimum Gasteiger partial charge on any atom is -0.481 e. The summed E-state index contributed by atoms with van der Waals surface area (Å²) in [6.45, 7) is 1.58. The molecule has 1 N–H and O–H groups in total. The summed E-state index contributed by atoms with van der Waals surface area (Å²) < 4.78 is 169. The van der Waals surface area contributed by atoms with E-state index in [1.807, 2.05) is 0 Å². The summed E-state index contributed by atoms with van der Waals surface area (Å²) in [6, 6.07) is 0. The standard InChI is InChI=1S/C14H15F13O2/c1-2-3-4-5-6-7(8(28)29)9(15,16)10(17,18)11(19,20)12(21,22)13(23,24)14(25,26)27/h7H,2-6H2,1H3,(H,28,29). The van der Waals surface area contributed by atoms with Gasteiger partial charge in [0, 0.05) is 0 Å². The van der Waals surface area contributed by atoms with E-state index in [9.17, 15) is 61.9 Å². The van der Waals surface area contributed by atoms with Crippen LogP contribution in [-0.2, 0) is 4.79 Å². The molecule has 0 bridgehead atoms. The third kappa shape index (κ3) is 4.52. The van der Waals surface area contributed by atoms with Crippen LogP contribution in [0.1, 0.15) is 39.0 Å². The first-order valence-corrected chi connectivity index (χ1v) is 7.83. The lowest BCUT2D eigenvalue weighted by molar-refractivity contribution is -0.442. The average molecular weight is 462 g/mol. The number of aliphatic carboxylic acids is 1. The maximum absolute atomic E-state index is 13.9. The molecule has 29 heavy (non-hydrogen) atoms. The number of carboxylic acids is 1. The van der Waals surface area contributed by atoms with Crippen LogP contribution in [-0.4, -0.2) is 46.9 Å². The van der Waals surface area contributed by atoms with Crippen LogP contribution in [0.3, 0.4) is 0 Å². The minimum absolute atomic E-state index is 0.0549. The van der Waals surface area contributed by atoms with Gasteiger partial charge in [0.05, 0.1) is 0 Å². The Labute approximate surface area is 155 Å². The first-order valence-electron chi connectivity index (χ1n) is 7.83. The van der Waals surface area contributed by atoms with Crippen molar-refractivity contribution in [1.29, 1.82) is 0 Å². The number of rotatable bonds is 11. The molecule has 0 radical (unpaired) electrons. The highest BCUT2D eigenvalue weighted by molar-refractivity contribution is 5.71. The molecular formula is C14H15F13O2. The van der Waals surface area contributed by atoms with Gasteiger partial charge in [-0.3, -0.25) is 4.79 Å². The van der Waals surface area contributed by atoms with Crippen LogP contribution in [0.25, 0.3) is 0 Å². The van der Waals surface area contributed by atoms with E-state index in [4.69, 9.17) is 5.11 Å². The molecule has 0 aliphatic heterocycles. The highest BCUT2D eigenvalue weighted by atomic mass is 19.4. The van der Waals surface area contributed by atoms with Crippen molar-refractivity contribution in [2.45, 2.75) is 74.8 Å². The van der Waals surface area contributed by atoms with E-state index in [1.165, 1.54) is 0 Å². The third-order valence-electron chi connectivity index (χ3n) is 4.04. The van der Waals surface area contributed by atoms with E-state index >= 15 is 0 Å². The number of hydrogen-bond acceptors (Lipinski definition) is 1. The highest BCUT2D eigenvalue weighted by Gasteiger charge is 2.91. The van der Waals surface area contributed by atoms with Gasteiger partial charge in [-0.05, 0) is 6.42 Å². The Morgan fingerprint density at radius 2 is 1.10 bits per heavy atom. The Morgan fingerprint density at radius 3 is 1.45 bits per heavy atom. The van der Waals surface area contributed by atoms with Crippen LogP contribution >= 0.6 is 0 Å². The number of halogens is 13. The van der Waals surface area contributed by atoms with Crippen molar-refractivity contribution >= 4 is 5.97 Å². The first kappa shape index (κ1) is 27.6. The second-order valence-electron chi connectivity index (χ2n) is 6.16. The van der Waals surface area contributed by atoms with Crippen LogP contribution in [0.15, 0.2) is 0 Å². The minimum atomic E-state index is -8.03. The van der Waals surface area contributed by atoms with Gasteiger partial charge in [-0.1, -0.05) is 32.6 Å². The first-order chi connectivity index (χ1) is 12.6. The van der Waals surface area contributed by atoms with Gasteiger partial charge >= 0.3 is 41.8 Å². The quantitative estimate of drug-likeness (QED) is 0.285. The summed E-state index contributed by atoms with van der Waals surface area (Å²) in [5.41, 5.74) is 0. The molecule has 0 saturated heterocycles. The van der Waals surface area contributed by atoms with Crippen LogP contribution in [0.4, 0.5) is 57.1 Å². The van der Waals surface area contributed by atoms with Crippen molar-refractivity contribution < 1.29 is 67.0 Å². The summed E-state index contributed by atoms with van der Waals surface area (Å²) in [6.07, 6.45) is -8.88. The zero-order chi connectivity index (χ0) is 23.7. The van der Waals surface area contributed by atoms with Gasteiger partial charge < -0.3 is 5.11 Å². The molecule has 0 saturated carbocycles. The zero-order valence-corrected chi connectivity index (χ0v) is 14.4. The lowest BCUT2D eigenvalue weighted by Gasteiger charge is -2.41. The Balaban J connectivity index is 6.21. The van der Waals surface area contributed by atoms with Crippen molar-refractivity contribution in [3.63, 3.8) is 0 Å². The lowest BCUT2D eigenvalue weighted by atomic mass is 9.84. The molecule has 0 aliphatic rings. The summed E-state index contributed by atoms with van der Waals surface area (Å²) in [5.74, 6) is -44.6. The van der Waals surface area contributed by atoms with Gasteiger partial charge in [-0.15, -0.1) is 0 Å². The molecular weight excluding hydrogens is 447 g/mol. The van der Waals surface area contributed by atoms with Gasteiger partial charge in [0.1, 0.15) is 5.92 Å². The van der Waals surface area contributed by atoms with E-state index in [1.54, 1.807) is 6.92 Å². The Morgan fingerprint density at radius 1 is 0.690 bits per heavy atom. The summed E-state index contributed by atoms with van der Waals surface area (Å²) >= 11 is 0. The second-order valence-corrected chi connectivity index (χ2v) is 6.16. The Kier molecular flexibility index (Phi) is 7.94. The SMILES string of the molecule is CCCCCCC(C(=O)O)C(F)(F)C(F)(F)C(F)(F)C(F)(F)C(F)(F)C(F)(F)F. The molecule has 1 unspecified atom stereocenters. The lowest BCUT2D eigenvalue weighted by Crippen LogP contribution is -2.71. The molecule has 0 aliphatic carbocycles. The zero-order valence-electron chi connectivity index (χ0n) is 14.4. The Hall–Kier alpha value is -1.44. The molecule has 1 atom stereocenters. The van der Waals surface area contributed by atoms with E-state index < -0.39 is 60.5 Å². The molecule has 2 nitrogen and oxygen atoms in total. The number of carboxylic acid groups (broad SMARTS) is 1. The maximum Gasteiger partial charge on any atom is 0.460 e. The molecule has 174 valence electrons. The third-order valence-corrected chi connectivity index (χ3v) is 4.04. The van der Waals surface area contributed by atoms with E-state index in [0.717, 1.165) is 0 Å². The molecule has 0 spiro atoms. The number of unbranched alkanes of at least 4 members (excludes halogenated alkanes) is 3. The van der Waals surface area contributed by atoms with Gasteiger partial charge in [0.15, 0.2) is 0 Å².